The summed E-state index contributed by atoms with van der Waals surface area (Å²) in [6, 6.07) is 70.5. The number of fused-ring (bicyclic) bond motifs is 8. The van der Waals surface area contributed by atoms with Gasteiger partial charge in [-0.05, 0) is 139 Å². The predicted molar refractivity (Wildman–Crippen MR) is 319 cm³/mol. The first kappa shape index (κ1) is 52.6. The van der Waals surface area contributed by atoms with Crippen LogP contribution in [-0.4, -0.2) is 19.1 Å². The third-order valence-electron chi connectivity index (χ3n) is 15.2. The summed E-state index contributed by atoms with van der Waals surface area (Å²) < 4.78 is 24.9. The first-order chi connectivity index (χ1) is 37.9. The maximum Gasteiger partial charge on any atom is 0.121 e. The van der Waals surface area contributed by atoms with Crippen molar-refractivity contribution in [2.24, 2.45) is 0 Å². The van der Waals surface area contributed by atoms with Gasteiger partial charge in [0, 0.05) is 42.7 Å². The Bertz CT molecular complexity index is 4420. The van der Waals surface area contributed by atoms with Gasteiger partial charge in [-0.1, -0.05) is 157 Å². The van der Waals surface area contributed by atoms with Crippen LogP contribution in [0.2, 0.25) is 0 Å². The Morgan fingerprint density at radius 2 is 1.08 bits per heavy atom. The molecular weight excluding hydrogens is 1150 g/mol. The number of hydrogen-bond donors (Lipinski definition) is 0. The smallest absolute Gasteiger partial charge is 0.121 e. The molecule has 10 aromatic carbocycles. The Balaban J connectivity index is 0.000000193. The molecule has 0 fully saturated rings. The average molecular weight is 1210 g/mol. The Labute approximate surface area is 474 Å². The topological polar surface area (TPSA) is 72.6 Å². The fraction of sp³-hybridized carbons (Fsp3) is 0.169. The second-order valence-corrected chi connectivity index (χ2v) is 21.6. The minimum absolute atomic E-state index is 0. The van der Waals surface area contributed by atoms with Gasteiger partial charge in [0.15, 0.2) is 0 Å². The van der Waals surface area contributed by atoms with Gasteiger partial charge in [0.1, 0.15) is 5.58 Å². The third-order valence-corrected chi connectivity index (χ3v) is 15.2. The van der Waals surface area contributed by atoms with E-state index in [1.807, 2.05) is 48.5 Å². The van der Waals surface area contributed by atoms with E-state index in [0.29, 0.717) is 17.4 Å². The molecule has 79 heavy (non-hydrogen) atoms. The van der Waals surface area contributed by atoms with E-state index in [4.69, 9.17) is 14.4 Å². The van der Waals surface area contributed by atoms with Gasteiger partial charge in [0.2, 0.25) is 0 Å². The number of halogens is 1. The van der Waals surface area contributed by atoms with Gasteiger partial charge >= 0.3 is 0 Å². The number of furan rings is 1. The van der Waals surface area contributed by atoms with Crippen LogP contribution in [0.15, 0.2) is 186 Å². The predicted octanol–water partition coefficient (Wildman–Crippen LogP) is 19.4. The number of hydrogen-bond acceptors (Lipinski definition) is 4. The minimum Gasteiger partial charge on any atom is -0.501 e. The molecule has 0 spiro atoms. The molecule has 3 aromatic heterocycles. The molecule has 0 saturated carbocycles. The largest absolute Gasteiger partial charge is 0.501 e. The number of rotatable bonds is 9. The average Bonchev–Trinajstić information content (AvgIpc) is 4.38. The fourth-order valence-corrected chi connectivity index (χ4v) is 11.3. The minimum atomic E-state index is -0.295. The summed E-state index contributed by atoms with van der Waals surface area (Å²) in [7, 11) is 0. The van der Waals surface area contributed by atoms with Crippen molar-refractivity contribution in [2.75, 3.05) is 0 Å². The Morgan fingerprint density at radius 3 is 1.70 bits per heavy atom. The van der Waals surface area contributed by atoms with Crippen LogP contribution in [-0.2, 0) is 20.1 Å². The Hall–Kier alpha value is -8.47. The summed E-state index contributed by atoms with van der Waals surface area (Å²) in [5, 5.41) is 16.0. The van der Waals surface area contributed by atoms with E-state index in [2.05, 4.69) is 198 Å². The first-order valence-electron chi connectivity index (χ1n) is 27.0. The van der Waals surface area contributed by atoms with Crippen LogP contribution in [0.1, 0.15) is 107 Å². The molecule has 3 heterocycles. The molecule has 0 atom stereocenters. The van der Waals surface area contributed by atoms with Gasteiger partial charge in [0.25, 0.3) is 0 Å². The van der Waals surface area contributed by atoms with Crippen molar-refractivity contribution in [1.29, 1.82) is 5.26 Å². The zero-order chi connectivity index (χ0) is 53.9. The van der Waals surface area contributed by atoms with Crippen molar-refractivity contribution in [2.45, 2.75) is 79.1 Å². The Kier molecular flexibility index (Phi) is 14.2. The van der Waals surface area contributed by atoms with Crippen molar-refractivity contribution in [3.63, 3.8) is 0 Å². The molecule has 6 nitrogen and oxygen atoms in total. The number of para-hydroxylation sites is 5. The van der Waals surface area contributed by atoms with Crippen molar-refractivity contribution in [3.8, 4) is 51.3 Å². The number of benzene rings is 10. The maximum absolute atomic E-state index is 13.5. The molecule has 0 aliphatic heterocycles. The van der Waals surface area contributed by atoms with Gasteiger partial charge in [-0.15, -0.1) is 48.0 Å². The van der Waals surface area contributed by atoms with Crippen LogP contribution < -0.4 is 0 Å². The molecule has 13 aromatic rings. The van der Waals surface area contributed by atoms with E-state index >= 15 is 0 Å². The zero-order valence-electron chi connectivity index (χ0n) is 45.5. The number of aromatic nitrogens is 4. The molecule has 0 saturated heterocycles. The molecular formula is C71H58FIrN5O-2. The maximum atomic E-state index is 13.5. The molecule has 0 aliphatic carbocycles. The van der Waals surface area contributed by atoms with Crippen molar-refractivity contribution < 1.29 is 28.9 Å². The van der Waals surface area contributed by atoms with Crippen LogP contribution in [0.5, 0.6) is 0 Å². The summed E-state index contributed by atoms with van der Waals surface area (Å²) in [4.78, 5) is 10.2. The summed E-state index contributed by atoms with van der Waals surface area (Å²) in [6.45, 7) is 18.0. The van der Waals surface area contributed by atoms with Gasteiger partial charge in [-0.25, -0.2) is 0 Å². The van der Waals surface area contributed by atoms with Crippen LogP contribution in [0.4, 0.5) is 4.39 Å². The molecule has 0 amide bonds. The van der Waals surface area contributed by atoms with Crippen molar-refractivity contribution in [3.05, 3.63) is 228 Å². The zero-order valence-corrected chi connectivity index (χ0v) is 47.9. The molecule has 8 heteroatoms. The second kappa shape index (κ2) is 21.4. The summed E-state index contributed by atoms with van der Waals surface area (Å²) in [5.74, 6) is 2.54. The molecule has 391 valence electrons. The van der Waals surface area contributed by atoms with Gasteiger partial charge < -0.3 is 13.6 Å². The molecule has 0 bridgehead atoms. The summed E-state index contributed by atoms with van der Waals surface area (Å²) >= 11 is 0. The SMILES string of the molecule is CC(C)c1cc(-c2ccccc2)cc(C(C)C)c1-n1c(-c2[c-]ccc3c2oc2cc4c(ccc5ccc(C#N)cc54)cc23)nc2ccccc21.CC(C)c1cccc(C(C)C)c1-n1c(-c2[c-]cc(F)cc2)nc2ccccc21.[Ir]. The molecule has 0 unspecified atom stereocenters. The number of nitrogens with zero attached hydrogens (tertiary/aromatic N) is 5. The molecule has 1 radical (unpaired) electrons. The van der Waals surface area contributed by atoms with E-state index < -0.39 is 0 Å². The van der Waals surface area contributed by atoms with Gasteiger partial charge in [0.05, 0.1) is 50.9 Å². The Morgan fingerprint density at radius 1 is 0.506 bits per heavy atom. The monoisotopic (exact) mass is 1210 g/mol. The standard InChI is InChI=1S/C46H34N3O.C25H24FN2.Ir/c1-27(2)36-23-33(30-11-6-5-7-12-30)24-37(28(3)4)44(36)49-42-16-9-8-15-41(42)48-46(49)35-14-10-13-34-40-22-32-20-19-31-18-17-29(26-47)21-38(31)39(32)25-43(40)50-45(34)35;1-16(2)20-8-7-9-21(17(3)4)24(20)28-23-11-6-5-10-22(23)27-25(28)18-12-14-19(26)15-13-18;/h5-13,15-25,27-28H,1-4H3;5-12,14-17H,1-4H3;/q2*-1;. The summed E-state index contributed by atoms with van der Waals surface area (Å²) in [5.41, 5.74) is 17.6. The van der Waals surface area contributed by atoms with E-state index in [1.54, 1.807) is 6.07 Å². The quantitative estimate of drug-likeness (QED) is 0.107. The van der Waals surface area contributed by atoms with Gasteiger partial charge in [-0.3, -0.25) is 14.4 Å². The number of nitriles is 1. The van der Waals surface area contributed by atoms with Crippen LogP contribution in [0.3, 0.4) is 0 Å². The van der Waals surface area contributed by atoms with Crippen LogP contribution >= 0.6 is 0 Å². The van der Waals surface area contributed by atoms with E-state index in [9.17, 15) is 9.65 Å². The number of imidazole rings is 2. The third kappa shape index (κ3) is 9.41. The molecule has 13 rings (SSSR count). The summed E-state index contributed by atoms with van der Waals surface area (Å²) in [6.07, 6.45) is 0. The second-order valence-electron chi connectivity index (χ2n) is 21.6. The molecule has 0 N–H and O–H groups in total. The fourth-order valence-electron chi connectivity index (χ4n) is 11.3. The van der Waals surface area contributed by atoms with Crippen LogP contribution in [0, 0.1) is 29.3 Å². The van der Waals surface area contributed by atoms with E-state index in [0.717, 1.165) is 88.3 Å². The normalized spacial score (nSPS) is 11.7. The van der Waals surface area contributed by atoms with Crippen molar-refractivity contribution >= 4 is 65.6 Å². The van der Waals surface area contributed by atoms with Crippen molar-refractivity contribution in [1.82, 2.24) is 19.1 Å². The van der Waals surface area contributed by atoms with E-state index in [1.165, 1.54) is 56.9 Å². The molecule has 0 aliphatic rings. The van der Waals surface area contributed by atoms with Crippen LogP contribution in [0.25, 0.3) is 111 Å². The van der Waals surface area contributed by atoms with E-state index in [-0.39, 0.29) is 37.8 Å². The van der Waals surface area contributed by atoms with Gasteiger partial charge in [-0.2, -0.15) is 5.26 Å². The first-order valence-corrected chi connectivity index (χ1v) is 27.0.